The van der Waals surface area contributed by atoms with Gasteiger partial charge in [-0.1, -0.05) is 68.8 Å². The van der Waals surface area contributed by atoms with Gasteiger partial charge in [-0.15, -0.1) is 0 Å². The van der Waals surface area contributed by atoms with Crippen LogP contribution in [0, 0.1) is 0 Å². The lowest BCUT2D eigenvalue weighted by Crippen LogP contribution is -2.58. The molecule has 0 saturated carbocycles. The number of alkyl carbamates (subject to hydrolysis) is 1. The molecule has 0 radical (unpaired) electrons. The van der Waals surface area contributed by atoms with Gasteiger partial charge in [-0.25, -0.2) is 4.79 Å². The third kappa shape index (κ3) is 5.53. The second kappa shape index (κ2) is 10.5. The van der Waals surface area contributed by atoms with Crippen LogP contribution in [0.4, 0.5) is 4.79 Å². The molecule has 2 aromatic carbocycles. The topological polar surface area (TPSA) is 105 Å². The van der Waals surface area contributed by atoms with Gasteiger partial charge in [0, 0.05) is 12.0 Å². The molecule has 1 aliphatic rings. The number of rotatable bonds is 10. The lowest BCUT2D eigenvalue weighted by Gasteiger charge is -2.31. The Morgan fingerprint density at radius 2 is 1.61 bits per heavy atom. The van der Waals surface area contributed by atoms with E-state index in [9.17, 15) is 14.4 Å². The van der Waals surface area contributed by atoms with Crippen molar-refractivity contribution in [3.8, 4) is 11.1 Å². The average molecular weight is 453 g/mol. The normalized spacial score (nSPS) is 15.0. The largest absolute Gasteiger partial charge is 0.481 e. The van der Waals surface area contributed by atoms with Gasteiger partial charge in [-0.05, 0) is 42.0 Å². The summed E-state index contributed by atoms with van der Waals surface area (Å²) in [4.78, 5) is 36.7. The zero-order chi connectivity index (χ0) is 24.0. The lowest BCUT2D eigenvalue weighted by molar-refractivity contribution is -0.138. The molecular formula is C26H32N2O5. The third-order valence-corrected chi connectivity index (χ3v) is 6.22. The Morgan fingerprint density at radius 1 is 1.03 bits per heavy atom. The maximum atomic E-state index is 13.0. The van der Waals surface area contributed by atoms with Crippen molar-refractivity contribution in [3.63, 3.8) is 0 Å². The van der Waals surface area contributed by atoms with E-state index in [4.69, 9.17) is 9.84 Å². The van der Waals surface area contributed by atoms with Crippen LogP contribution in [0.15, 0.2) is 48.5 Å². The van der Waals surface area contributed by atoms with Crippen LogP contribution in [0.3, 0.4) is 0 Å². The zero-order valence-corrected chi connectivity index (χ0v) is 19.4. The van der Waals surface area contributed by atoms with Crippen molar-refractivity contribution in [1.82, 2.24) is 10.6 Å². The molecule has 176 valence electrons. The predicted molar refractivity (Wildman–Crippen MR) is 126 cm³/mol. The van der Waals surface area contributed by atoms with E-state index in [2.05, 4.69) is 22.8 Å². The Hall–Kier alpha value is -3.35. The number of carbonyl (C=O) groups excluding carboxylic acids is 2. The highest BCUT2D eigenvalue weighted by Crippen LogP contribution is 2.44. The average Bonchev–Trinajstić information content (AvgIpc) is 3.10. The molecule has 3 rings (SSSR count). The summed E-state index contributed by atoms with van der Waals surface area (Å²) in [6.07, 6.45) is 0.686. The highest BCUT2D eigenvalue weighted by molar-refractivity contribution is 5.90. The van der Waals surface area contributed by atoms with Crippen LogP contribution in [-0.2, 0) is 14.3 Å². The second-order valence-electron chi connectivity index (χ2n) is 8.71. The molecule has 0 spiro atoms. The molecule has 2 atom stereocenters. The number of carboxylic acids is 1. The number of nitrogens with one attached hydrogen (secondary N) is 2. The molecule has 7 heteroatoms. The molecule has 1 aliphatic carbocycles. The molecule has 0 heterocycles. The third-order valence-electron chi connectivity index (χ3n) is 6.22. The van der Waals surface area contributed by atoms with Crippen molar-refractivity contribution in [3.05, 3.63) is 59.7 Å². The molecule has 0 aromatic heterocycles. The van der Waals surface area contributed by atoms with Gasteiger partial charge in [0.15, 0.2) is 0 Å². The first-order valence-corrected chi connectivity index (χ1v) is 11.4. The van der Waals surface area contributed by atoms with Gasteiger partial charge in [-0.3, -0.25) is 9.59 Å². The van der Waals surface area contributed by atoms with Crippen molar-refractivity contribution < 1.29 is 24.2 Å². The van der Waals surface area contributed by atoms with Gasteiger partial charge in [0.05, 0.1) is 6.42 Å². The van der Waals surface area contributed by atoms with Gasteiger partial charge < -0.3 is 20.5 Å². The van der Waals surface area contributed by atoms with E-state index in [1.165, 1.54) is 0 Å². The second-order valence-corrected chi connectivity index (χ2v) is 8.71. The van der Waals surface area contributed by atoms with Crippen LogP contribution < -0.4 is 10.6 Å². The van der Waals surface area contributed by atoms with Gasteiger partial charge >= 0.3 is 12.1 Å². The summed E-state index contributed by atoms with van der Waals surface area (Å²) >= 11 is 0. The highest BCUT2D eigenvalue weighted by atomic mass is 16.5. The minimum absolute atomic E-state index is 0.0746. The summed E-state index contributed by atoms with van der Waals surface area (Å²) in [6.45, 7) is 5.52. The van der Waals surface area contributed by atoms with Crippen LogP contribution >= 0.6 is 0 Å². The monoisotopic (exact) mass is 452 g/mol. The van der Waals surface area contributed by atoms with Crippen LogP contribution in [-0.4, -0.2) is 41.3 Å². The highest BCUT2D eigenvalue weighted by Gasteiger charge is 2.36. The smallest absolute Gasteiger partial charge is 0.408 e. The number of ether oxygens (including phenoxy) is 1. The summed E-state index contributed by atoms with van der Waals surface area (Å²) in [6, 6.07) is 15.7. The van der Waals surface area contributed by atoms with E-state index in [0.29, 0.717) is 19.3 Å². The van der Waals surface area contributed by atoms with Crippen LogP contribution in [0.25, 0.3) is 11.1 Å². The van der Waals surface area contributed by atoms with Crippen molar-refractivity contribution >= 4 is 18.0 Å². The Morgan fingerprint density at radius 3 is 2.12 bits per heavy atom. The summed E-state index contributed by atoms with van der Waals surface area (Å²) in [5, 5.41) is 14.5. The van der Waals surface area contributed by atoms with E-state index in [1.807, 2.05) is 50.2 Å². The molecule has 7 nitrogen and oxygen atoms in total. The Labute approximate surface area is 194 Å². The number of carboxylic acid groups (broad SMARTS) is 1. The van der Waals surface area contributed by atoms with E-state index in [1.54, 1.807) is 6.92 Å². The summed E-state index contributed by atoms with van der Waals surface area (Å²) < 4.78 is 5.60. The molecule has 0 aliphatic heterocycles. The Kier molecular flexibility index (Phi) is 7.74. The molecule has 0 saturated heterocycles. The summed E-state index contributed by atoms with van der Waals surface area (Å²) in [5.74, 6) is -1.47. The van der Waals surface area contributed by atoms with Gasteiger partial charge in [-0.2, -0.15) is 0 Å². The standard InChI is InChI=1S/C26H32N2O5/c1-4-14-26(3,24(31)27-17(5-2)15-23(29)30)28-25(32)33-16-22-20-12-8-6-10-18(20)19-11-7-9-13-21(19)22/h6-13,17,22H,4-5,14-16H2,1-3H3,(H,27,31)(H,28,32)(H,29,30). The molecule has 2 unspecified atom stereocenters. The number of amides is 2. The molecule has 33 heavy (non-hydrogen) atoms. The first-order valence-electron chi connectivity index (χ1n) is 11.4. The first-order chi connectivity index (χ1) is 15.8. The molecular weight excluding hydrogens is 420 g/mol. The van der Waals surface area contributed by atoms with Crippen LogP contribution in [0.5, 0.6) is 0 Å². The number of hydrogen-bond donors (Lipinski definition) is 3. The number of carbonyl (C=O) groups is 3. The van der Waals surface area contributed by atoms with E-state index in [0.717, 1.165) is 22.3 Å². The minimum Gasteiger partial charge on any atom is -0.481 e. The molecule has 2 amide bonds. The number of benzene rings is 2. The van der Waals surface area contributed by atoms with Gasteiger partial charge in [0.2, 0.25) is 5.91 Å². The maximum absolute atomic E-state index is 13.0. The molecule has 0 fully saturated rings. The van der Waals surface area contributed by atoms with Gasteiger partial charge in [0.1, 0.15) is 12.1 Å². The molecule has 0 bridgehead atoms. The SMILES string of the molecule is CCCC(C)(NC(=O)OCC1c2ccccc2-c2ccccc21)C(=O)NC(CC)CC(=O)O. The van der Waals surface area contributed by atoms with E-state index >= 15 is 0 Å². The summed E-state index contributed by atoms with van der Waals surface area (Å²) in [7, 11) is 0. The van der Waals surface area contributed by atoms with Gasteiger partial charge in [0.25, 0.3) is 0 Å². The molecule has 2 aromatic rings. The van der Waals surface area contributed by atoms with Crippen molar-refractivity contribution in [1.29, 1.82) is 0 Å². The Balaban J connectivity index is 1.68. The molecule has 3 N–H and O–H groups in total. The summed E-state index contributed by atoms with van der Waals surface area (Å²) in [5.41, 5.74) is 3.30. The number of hydrogen-bond acceptors (Lipinski definition) is 4. The predicted octanol–water partition coefficient (Wildman–Crippen LogP) is 4.45. The minimum atomic E-state index is -1.21. The Bertz CT molecular complexity index is 976. The first kappa shape index (κ1) is 24.3. The van der Waals surface area contributed by atoms with Crippen molar-refractivity contribution in [2.45, 2.75) is 64.0 Å². The van der Waals surface area contributed by atoms with Crippen molar-refractivity contribution in [2.75, 3.05) is 6.61 Å². The number of fused-ring (bicyclic) bond motifs is 3. The zero-order valence-electron chi connectivity index (χ0n) is 19.4. The van der Waals surface area contributed by atoms with E-state index < -0.39 is 29.6 Å². The maximum Gasteiger partial charge on any atom is 0.408 e. The van der Waals surface area contributed by atoms with Crippen LogP contribution in [0.1, 0.15) is 63.5 Å². The lowest BCUT2D eigenvalue weighted by atomic mass is 9.94. The van der Waals surface area contributed by atoms with Crippen LogP contribution in [0.2, 0.25) is 0 Å². The fraction of sp³-hybridized carbons (Fsp3) is 0.423. The van der Waals surface area contributed by atoms with Crippen molar-refractivity contribution in [2.24, 2.45) is 0 Å². The fourth-order valence-corrected chi connectivity index (χ4v) is 4.45. The number of aliphatic carboxylic acids is 1. The van der Waals surface area contributed by atoms with E-state index in [-0.39, 0.29) is 18.9 Å². The fourth-order valence-electron chi connectivity index (χ4n) is 4.45. The quantitative estimate of drug-likeness (QED) is 0.494.